The number of rotatable bonds is 17. The van der Waals surface area contributed by atoms with Crippen LogP contribution in [0.5, 0.6) is 0 Å². The highest BCUT2D eigenvalue weighted by Crippen LogP contribution is 2.36. The number of carboxylic acid groups (broad SMARTS) is 1. The van der Waals surface area contributed by atoms with E-state index in [0.717, 1.165) is 35.2 Å². The Hall–Kier alpha value is -5.22. The second kappa shape index (κ2) is 16.1. The average molecular weight is 681 g/mol. The molecule has 1 aromatic carbocycles. The zero-order valence-corrected chi connectivity index (χ0v) is 27.2. The highest BCUT2D eigenvalue weighted by atomic mass is 32.2. The van der Waals surface area contributed by atoms with E-state index in [2.05, 4.69) is 25.5 Å². The zero-order chi connectivity index (χ0) is 34.8. The summed E-state index contributed by atoms with van der Waals surface area (Å²) in [5.74, 6) is -3.03. The first-order valence-corrected chi connectivity index (χ1v) is 16.7. The van der Waals surface area contributed by atoms with Gasteiger partial charge in [0.2, 0.25) is 0 Å². The Bertz CT molecular complexity index is 1740. The van der Waals surface area contributed by atoms with Crippen molar-refractivity contribution in [2.24, 2.45) is 5.92 Å². The van der Waals surface area contributed by atoms with Crippen LogP contribution in [0.4, 0.5) is 16.2 Å². The van der Waals surface area contributed by atoms with Crippen molar-refractivity contribution in [2.45, 2.75) is 50.7 Å². The van der Waals surface area contributed by atoms with Gasteiger partial charge in [0.15, 0.2) is 9.84 Å². The van der Waals surface area contributed by atoms with Gasteiger partial charge in [0.05, 0.1) is 32.6 Å². The Labute approximate surface area is 277 Å². The van der Waals surface area contributed by atoms with E-state index < -0.39 is 67.6 Å². The number of alkyl carbamates (subject to hydrolysis) is 1. The monoisotopic (exact) mass is 680 g/mol. The van der Waals surface area contributed by atoms with E-state index in [0.29, 0.717) is 38.0 Å². The predicted octanol–water partition coefficient (Wildman–Crippen LogP) is 3.73. The molecule has 254 valence electrons. The number of aromatic nitrogens is 2. The number of carbonyl (C=O) groups is 3. The normalized spacial score (nSPS) is 13.2. The number of pyridine rings is 2. The van der Waals surface area contributed by atoms with E-state index in [9.17, 15) is 38.0 Å². The van der Waals surface area contributed by atoms with Crippen LogP contribution in [-0.4, -0.2) is 76.2 Å². The molecule has 0 radical (unpaired) electrons. The molecule has 1 unspecified atom stereocenters. The molecule has 1 aliphatic carbocycles. The Morgan fingerprint density at radius 1 is 1.04 bits per heavy atom. The van der Waals surface area contributed by atoms with Crippen molar-refractivity contribution < 1.29 is 37.6 Å². The molecule has 2 amide bonds. The summed E-state index contributed by atoms with van der Waals surface area (Å²) in [4.78, 5) is 57.9. The van der Waals surface area contributed by atoms with E-state index in [1.54, 1.807) is 26.2 Å². The molecule has 15 nitrogen and oxygen atoms in total. The number of nitrogens with one attached hydrogen (secondary N) is 2. The molecular formula is C32H36N6O9S. The Kier molecular flexibility index (Phi) is 11.9. The first-order chi connectivity index (χ1) is 22.8. The van der Waals surface area contributed by atoms with E-state index in [4.69, 9.17) is 4.74 Å². The number of carboxylic acids is 1. The largest absolute Gasteiger partial charge is 0.480 e. The standard InChI is InChI=1S/C32H36N6O9S/c1-21(2)29(31(40)41)36-32(42)47-15-16-48(45,46)28-10-9-25(38(43)44)18-27(28)35-30(39)26-17-22(26)11-14-37(19-23-7-3-5-12-33-23)20-24-8-4-6-13-34-24/h3-10,12-13,18,21,29H,11,14-17,19-20H2,1-2H3,(H,35,39)(H,36,42)(H,40,41). The minimum Gasteiger partial charge on any atom is -0.480 e. The van der Waals surface area contributed by atoms with Crippen molar-refractivity contribution in [2.75, 3.05) is 24.2 Å². The smallest absolute Gasteiger partial charge is 0.407 e. The average Bonchev–Trinajstić information content (AvgIpc) is 3.83. The molecule has 1 atom stereocenters. The number of anilines is 1. The van der Waals surface area contributed by atoms with Gasteiger partial charge in [-0.25, -0.2) is 18.0 Å². The van der Waals surface area contributed by atoms with Crippen molar-refractivity contribution in [1.29, 1.82) is 0 Å². The van der Waals surface area contributed by atoms with Gasteiger partial charge in [0.1, 0.15) is 12.6 Å². The number of nitro benzene ring substituents is 1. The molecule has 16 heteroatoms. The van der Waals surface area contributed by atoms with Gasteiger partial charge in [-0.05, 0) is 49.1 Å². The fraction of sp³-hybridized carbons (Fsp3) is 0.344. The van der Waals surface area contributed by atoms with Crippen LogP contribution in [0.2, 0.25) is 0 Å². The van der Waals surface area contributed by atoms with Crippen LogP contribution in [-0.2, 0) is 37.3 Å². The lowest BCUT2D eigenvalue weighted by Gasteiger charge is -2.21. The summed E-state index contributed by atoms with van der Waals surface area (Å²) in [5, 5.41) is 25.4. The molecule has 1 aliphatic rings. The van der Waals surface area contributed by atoms with Gasteiger partial charge in [-0.2, -0.15) is 0 Å². The molecule has 48 heavy (non-hydrogen) atoms. The molecule has 3 N–H and O–H groups in total. The maximum atomic E-state index is 13.2. The van der Waals surface area contributed by atoms with Crippen LogP contribution in [0.3, 0.4) is 0 Å². The van der Waals surface area contributed by atoms with Crippen LogP contribution in [0, 0.1) is 16.0 Å². The highest BCUT2D eigenvalue weighted by molar-refractivity contribution is 7.91. The number of benzene rings is 1. The first-order valence-electron chi connectivity index (χ1n) is 15.1. The number of nitrogens with zero attached hydrogens (tertiary/aromatic N) is 4. The van der Waals surface area contributed by atoms with Gasteiger partial charge < -0.3 is 20.5 Å². The number of hydrogen-bond acceptors (Lipinski definition) is 11. The number of nitro groups is 1. The molecule has 0 saturated carbocycles. The van der Waals surface area contributed by atoms with Gasteiger partial charge >= 0.3 is 12.1 Å². The summed E-state index contributed by atoms with van der Waals surface area (Å²) < 4.78 is 31.3. The summed E-state index contributed by atoms with van der Waals surface area (Å²) >= 11 is 0. The van der Waals surface area contributed by atoms with E-state index in [-0.39, 0.29) is 5.69 Å². The quantitative estimate of drug-likeness (QED) is 0.138. The maximum Gasteiger partial charge on any atom is 0.407 e. The van der Waals surface area contributed by atoms with Crippen molar-refractivity contribution in [3.8, 4) is 0 Å². The predicted molar refractivity (Wildman–Crippen MR) is 173 cm³/mol. The Balaban J connectivity index is 1.42. The van der Waals surface area contributed by atoms with Crippen LogP contribution in [0.1, 0.15) is 38.1 Å². The second-order valence-corrected chi connectivity index (χ2v) is 13.5. The summed E-state index contributed by atoms with van der Waals surface area (Å²) in [6.45, 7) is 4.24. The van der Waals surface area contributed by atoms with Crippen LogP contribution >= 0.6 is 0 Å². The minimum atomic E-state index is -4.23. The number of amides is 2. The van der Waals surface area contributed by atoms with Gasteiger partial charge in [-0.1, -0.05) is 31.6 Å². The second-order valence-electron chi connectivity index (χ2n) is 11.4. The molecule has 2 aromatic heterocycles. The molecule has 4 rings (SSSR count). The summed E-state index contributed by atoms with van der Waals surface area (Å²) in [7, 11) is -4.23. The fourth-order valence-electron chi connectivity index (χ4n) is 4.83. The Morgan fingerprint density at radius 2 is 1.69 bits per heavy atom. The van der Waals surface area contributed by atoms with E-state index in [1.165, 1.54) is 0 Å². The van der Waals surface area contributed by atoms with Gasteiger partial charge in [-0.3, -0.25) is 29.8 Å². The van der Waals surface area contributed by atoms with Crippen molar-refractivity contribution >= 4 is 39.2 Å². The lowest BCUT2D eigenvalue weighted by molar-refractivity contribution is -0.384. The Morgan fingerprint density at radius 3 is 2.23 bits per heavy atom. The highest BCUT2D eigenvalue weighted by Gasteiger charge is 2.31. The zero-order valence-electron chi connectivity index (χ0n) is 26.4. The van der Waals surface area contributed by atoms with Gasteiger partial charge in [0.25, 0.3) is 11.6 Å². The molecule has 0 spiro atoms. The lowest BCUT2D eigenvalue weighted by atomic mass is 10.1. The fourth-order valence-corrected chi connectivity index (χ4v) is 6.08. The van der Waals surface area contributed by atoms with Crippen LogP contribution in [0.25, 0.3) is 0 Å². The third-order valence-corrected chi connectivity index (χ3v) is 9.20. The molecule has 0 saturated heterocycles. The number of ether oxygens (including phenoxy) is 1. The number of hydrogen-bond donors (Lipinski definition) is 3. The van der Waals surface area contributed by atoms with Crippen molar-refractivity contribution in [3.05, 3.63) is 99.6 Å². The molecule has 0 fully saturated rings. The summed E-state index contributed by atoms with van der Waals surface area (Å²) in [6.07, 6.45) is 3.28. The molecular weight excluding hydrogens is 644 g/mol. The molecule has 0 aliphatic heterocycles. The number of carbonyl (C=O) groups excluding carboxylic acids is 2. The first kappa shape index (κ1) is 35.6. The van der Waals surface area contributed by atoms with E-state index >= 15 is 0 Å². The topological polar surface area (TPSA) is 211 Å². The van der Waals surface area contributed by atoms with Crippen LogP contribution < -0.4 is 10.6 Å². The lowest BCUT2D eigenvalue weighted by Crippen LogP contribution is -2.44. The van der Waals surface area contributed by atoms with Crippen molar-refractivity contribution in [3.63, 3.8) is 0 Å². The minimum absolute atomic E-state index is 0.282. The van der Waals surface area contributed by atoms with E-state index in [1.807, 2.05) is 36.4 Å². The summed E-state index contributed by atoms with van der Waals surface area (Å²) in [6, 6.07) is 13.1. The number of sulfone groups is 1. The van der Waals surface area contributed by atoms with Crippen molar-refractivity contribution in [1.82, 2.24) is 20.2 Å². The SMILES string of the molecule is CC(C)C(NC(=O)OCCS(=O)(=O)c1ccc([N+](=O)[O-])cc1NC(=O)C1=C(CCN(Cc2ccccn2)Cc2ccccn2)C1)C(=O)O. The van der Waals surface area contributed by atoms with Crippen LogP contribution in [0.15, 0.2) is 83.0 Å². The molecule has 0 bridgehead atoms. The molecule has 3 aromatic rings. The number of aliphatic carboxylic acids is 1. The third-order valence-electron chi connectivity index (χ3n) is 7.47. The van der Waals surface area contributed by atoms with Gasteiger partial charge in [0, 0.05) is 49.7 Å². The molecule has 2 heterocycles. The summed E-state index contributed by atoms with van der Waals surface area (Å²) in [5.41, 5.74) is 2.37. The number of non-ortho nitro benzene ring substituents is 1. The maximum absolute atomic E-state index is 13.2. The third kappa shape index (κ3) is 10.1. The van der Waals surface area contributed by atoms with Gasteiger partial charge in [-0.15, -0.1) is 0 Å².